The summed E-state index contributed by atoms with van der Waals surface area (Å²) in [5.41, 5.74) is 7.25. The second kappa shape index (κ2) is 8.20. The Hall–Kier alpha value is -0.0300. The van der Waals surface area contributed by atoms with E-state index in [9.17, 15) is 0 Å². The first-order valence-corrected chi connectivity index (χ1v) is 8.26. The third kappa shape index (κ3) is 4.92. The lowest BCUT2D eigenvalue weighted by Gasteiger charge is -2.18. The smallest absolute Gasteiger partial charge is 0.0277 e. The highest BCUT2D eigenvalue weighted by molar-refractivity contribution is 9.10. The SMILES string of the molecule is CCN(CC)CCSc1ccc(Br)cc1C(C)N. The average molecular weight is 331 g/mol. The molecule has 0 saturated heterocycles. The third-order valence-electron chi connectivity index (χ3n) is 3.02. The van der Waals surface area contributed by atoms with E-state index in [1.165, 1.54) is 10.5 Å². The van der Waals surface area contributed by atoms with Crippen LogP contribution in [0.25, 0.3) is 0 Å². The monoisotopic (exact) mass is 330 g/mol. The van der Waals surface area contributed by atoms with Crippen molar-refractivity contribution < 1.29 is 0 Å². The minimum atomic E-state index is 0.0819. The van der Waals surface area contributed by atoms with Gasteiger partial charge in [-0.2, -0.15) is 0 Å². The zero-order valence-electron chi connectivity index (χ0n) is 11.4. The van der Waals surface area contributed by atoms with Gasteiger partial charge in [-0.15, -0.1) is 11.8 Å². The number of hydrogen-bond acceptors (Lipinski definition) is 3. The maximum Gasteiger partial charge on any atom is 0.0277 e. The molecular weight excluding hydrogens is 308 g/mol. The van der Waals surface area contributed by atoms with Crippen LogP contribution in [-0.2, 0) is 0 Å². The van der Waals surface area contributed by atoms with Crippen molar-refractivity contribution in [3.63, 3.8) is 0 Å². The molecule has 0 heterocycles. The number of halogens is 1. The molecule has 2 N–H and O–H groups in total. The van der Waals surface area contributed by atoms with E-state index in [-0.39, 0.29) is 6.04 Å². The van der Waals surface area contributed by atoms with Crippen LogP contribution in [0.2, 0.25) is 0 Å². The van der Waals surface area contributed by atoms with Gasteiger partial charge in [-0.1, -0.05) is 29.8 Å². The van der Waals surface area contributed by atoms with Crippen LogP contribution < -0.4 is 5.73 Å². The van der Waals surface area contributed by atoms with Crippen molar-refractivity contribution in [2.75, 3.05) is 25.4 Å². The van der Waals surface area contributed by atoms with Gasteiger partial charge in [0.25, 0.3) is 0 Å². The molecule has 18 heavy (non-hydrogen) atoms. The van der Waals surface area contributed by atoms with Gasteiger partial charge >= 0.3 is 0 Å². The Bertz CT molecular complexity index is 365. The van der Waals surface area contributed by atoms with Crippen LogP contribution in [0, 0.1) is 0 Å². The van der Waals surface area contributed by atoms with Crippen LogP contribution in [0.5, 0.6) is 0 Å². The summed E-state index contributed by atoms with van der Waals surface area (Å²) in [5, 5.41) is 0. The number of nitrogens with zero attached hydrogens (tertiary/aromatic N) is 1. The Morgan fingerprint density at radius 2 is 2.00 bits per heavy atom. The standard InChI is InChI=1S/C14H23BrN2S/c1-4-17(5-2)8-9-18-14-7-6-12(15)10-13(14)11(3)16/h6-7,10-11H,4-5,8-9,16H2,1-3H3. The fourth-order valence-corrected chi connectivity index (χ4v) is 3.36. The topological polar surface area (TPSA) is 29.3 Å². The van der Waals surface area contributed by atoms with Gasteiger partial charge in [0.2, 0.25) is 0 Å². The quantitative estimate of drug-likeness (QED) is 0.768. The summed E-state index contributed by atoms with van der Waals surface area (Å²) in [5.74, 6) is 1.11. The van der Waals surface area contributed by atoms with E-state index in [1.54, 1.807) is 0 Å². The van der Waals surface area contributed by atoms with Crippen LogP contribution in [0.4, 0.5) is 0 Å². The largest absolute Gasteiger partial charge is 0.324 e. The van der Waals surface area contributed by atoms with Crippen molar-refractivity contribution in [2.45, 2.75) is 31.7 Å². The van der Waals surface area contributed by atoms with Crippen LogP contribution in [0.15, 0.2) is 27.6 Å². The molecule has 0 spiro atoms. The number of hydrogen-bond donors (Lipinski definition) is 1. The van der Waals surface area contributed by atoms with Gasteiger partial charge in [0.1, 0.15) is 0 Å². The Morgan fingerprint density at radius 3 is 2.56 bits per heavy atom. The van der Waals surface area contributed by atoms with E-state index in [0.29, 0.717) is 0 Å². The van der Waals surface area contributed by atoms with Gasteiger partial charge in [0, 0.05) is 27.7 Å². The lowest BCUT2D eigenvalue weighted by atomic mass is 10.1. The fourth-order valence-electron chi connectivity index (χ4n) is 1.83. The second-order valence-electron chi connectivity index (χ2n) is 4.35. The van der Waals surface area contributed by atoms with Gasteiger partial charge in [-0.3, -0.25) is 0 Å². The van der Waals surface area contributed by atoms with Crippen LogP contribution >= 0.6 is 27.7 Å². The number of rotatable bonds is 7. The first kappa shape index (κ1) is 16.0. The Morgan fingerprint density at radius 1 is 1.33 bits per heavy atom. The molecule has 2 nitrogen and oxygen atoms in total. The Balaban J connectivity index is 2.61. The number of benzene rings is 1. The summed E-state index contributed by atoms with van der Waals surface area (Å²) in [7, 11) is 0. The van der Waals surface area contributed by atoms with Crippen molar-refractivity contribution in [2.24, 2.45) is 5.73 Å². The average Bonchev–Trinajstić information content (AvgIpc) is 2.36. The zero-order chi connectivity index (χ0) is 13.5. The first-order chi connectivity index (χ1) is 8.58. The summed E-state index contributed by atoms with van der Waals surface area (Å²) in [6, 6.07) is 6.46. The van der Waals surface area contributed by atoms with E-state index in [0.717, 1.165) is 29.9 Å². The summed E-state index contributed by atoms with van der Waals surface area (Å²) in [6.07, 6.45) is 0. The molecular formula is C14H23BrN2S. The van der Waals surface area contributed by atoms with Crippen LogP contribution in [0.3, 0.4) is 0 Å². The van der Waals surface area contributed by atoms with Gasteiger partial charge in [-0.25, -0.2) is 0 Å². The van der Waals surface area contributed by atoms with E-state index in [4.69, 9.17) is 5.73 Å². The highest BCUT2D eigenvalue weighted by Gasteiger charge is 2.08. The molecule has 0 aliphatic rings. The summed E-state index contributed by atoms with van der Waals surface area (Å²) in [4.78, 5) is 3.75. The minimum Gasteiger partial charge on any atom is -0.324 e. The van der Waals surface area contributed by atoms with Crippen molar-refractivity contribution in [3.05, 3.63) is 28.2 Å². The van der Waals surface area contributed by atoms with E-state index >= 15 is 0 Å². The van der Waals surface area contributed by atoms with Gasteiger partial charge in [-0.05, 0) is 43.8 Å². The van der Waals surface area contributed by atoms with Gasteiger partial charge in [0.05, 0.1) is 0 Å². The maximum absolute atomic E-state index is 6.02. The molecule has 1 aromatic carbocycles. The molecule has 0 amide bonds. The first-order valence-electron chi connectivity index (χ1n) is 6.48. The maximum atomic E-state index is 6.02. The minimum absolute atomic E-state index is 0.0819. The molecule has 0 saturated carbocycles. The van der Waals surface area contributed by atoms with Crippen molar-refractivity contribution in [3.8, 4) is 0 Å². The summed E-state index contributed by atoms with van der Waals surface area (Å²) < 4.78 is 1.10. The van der Waals surface area contributed by atoms with E-state index in [1.807, 2.05) is 18.7 Å². The number of thioether (sulfide) groups is 1. The van der Waals surface area contributed by atoms with E-state index in [2.05, 4.69) is 52.9 Å². The second-order valence-corrected chi connectivity index (χ2v) is 6.40. The van der Waals surface area contributed by atoms with Crippen LogP contribution in [0.1, 0.15) is 32.4 Å². The third-order valence-corrected chi connectivity index (χ3v) is 4.58. The van der Waals surface area contributed by atoms with Crippen LogP contribution in [-0.4, -0.2) is 30.3 Å². The Kier molecular flexibility index (Phi) is 7.30. The lowest BCUT2D eigenvalue weighted by molar-refractivity contribution is 0.324. The fraction of sp³-hybridized carbons (Fsp3) is 0.571. The molecule has 0 bridgehead atoms. The van der Waals surface area contributed by atoms with Gasteiger partial charge in [0.15, 0.2) is 0 Å². The van der Waals surface area contributed by atoms with Crippen molar-refractivity contribution >= 4 is 27.7 Å². The molecule has 1 aromatic rings. The lowest BCUT2D eigenvalue weighted by Crippen LogP contribution is -2.25. The molecule has 1 unspecified atom stereocenters. The number of nitrogens with two attached hydrogens (primary N) is 1. The van der Waals surface area contributed by atoms with E-state index < -0.39 is 0 Å². The summed E-state index contributed by atoms with van der Waals surface area (Å²) in [6.45, 7) is 9.83. The molecule has 0 radical (unpaired) electrons. The highest BCUT2D eigenvalue weighted by Crippen LogP contribution is 2.29. The highest BCUT2D eigenvalue weighted by atomic mass is 79.9. The molecule has 0 fully saturated rings. The Labute approximate surface area is 123 Å². The summed E-state index contributed by atoms with van der Waals surface area (Å²) >= 11 is 5.41. The molecule has 1 atom stereocenters. The molecule has 0 aromatic heterocycles. The molecule has 4 heteroatoms. The van der Waals surface area contributed by atoms with Crippen molar-refractivity contribution in [1.82, 2.24) is 4.90 Å². The molecule has 102 valence electrons. The normalized spacial score (nSPS) is 13.0. The zero-order valence-corrected chi connectivity index (χ0v) is 13.9. The molecule has 0 aliphatic heterocycles. The predicted molar refractivity (Wildman–Crippen MR) is 85.3 cm³/mol. The molecule has 1 rings (SSSR count). The van der Waals surface area contributed by atoms with Crippen molar-refractivity contribution in [1.29, 1.82) is 0 Å². The van der Waals surface area contributed by atoms with Gasteiger partial charge < -0.3 is 10.6 Å². The predicted octanol–water partition coefficient (Wildman–Crippen LogP) is 3.90. The molecule has 0 aliphatic carbocycles.